The Morgan fingerprint density at radius 1 is 1.58 bits per heavy atom. The molecule has 0 saturated carbocycles. The van der Waals surface area contributed by atoms with Crippen LogP contribution < -0.4 is 4.72 Å². The SMILES string of the molecule is COC(=O)C(Br)CNS(=O)(=O)c1cc(F)ccc1Cl. The van der Waals surface area contributed by atoms with Gasteiger partial charge in [0.1, 0.15) is 15.5 Å². The third kappa shape index (κ3) is 4.41. The Hall–Kier alpha value is -0.700. The lowest BCUT2D eigenvalue weighted by molar-refractivity contribution is -0.139. The molecule has 0 fully saturated rings. The van der Waals surface area contributed by atoms with E-state index in [2.05, 4.69) is 25.4 Å². The molecule has 106 valence electrons. The van der Waals surface area contributed by atoms with Gasteiger partial charge in [0.25, 0.3) is 0 Å². The molecule has 0 bridgehead atoms. The molecule has 0 radical (unpaired) electrons. The summed E-state index contributed by atoms with van der Waals surface area (Å²) in [6.07, 6.45) is 0. The molecule has 1 atom stereocenters. The predicted octanol–water partition coefficient (Wildman–Crippen LogP) is 1.69. The third-order valence-electron chi connectivity index (χ3n) is 2.09. The summed E-state index contributed by atoms with van der Waals surface area (Å²) in [5, 5.41) is -0.113. The molecule has 0 amide bonds. The number of hydrogen-bond acceptors (Lipinski definition) is 4. The monoisotopic (exact) mass is 373 g/mol. The quantitative estimate of drug-likeness (QED) is 0.629. The van der Waals surface area contributed by atoms with Crippen LogP contribution in [0, 0.1) is 5.82 Å². The highest BCUT2D eigenvalue weighted by molar-refractivity contribution is 9.10. The van der Waals surface area contributed by atoms with Crippen molar-refractivity contribution in [1.29, 1.82) is 0 Å². The van der Waals surface area contributed by atoms with Gasteiger partial charge in [-0.05, 0) is 18.2 Å². The molecule has 0 heterocycles. The second kappa shape index (κ2) is 6.65. The second-order valence-electron chi connectivity index (χ2n) is 3.42. The van der Waals surface area contributed by atoms with Gasteiger partial charge in [0, 0.05) is 6.54 Å². The molecule has 1 aromatic carbocycles. The number of carbonyl (C=O) groups excluding carboxylic acids is 1. The molecule has 0 aliphatic carbocycles. The van der Waals surface area contributed by atoms with Crippen LogP contribution in [0.25, 0.3) is 0 Å². The van der Waals surface area contributed by atoms with Crippen molar-refractivity contribution in [3.8, 4) is 0 Å². The van der Waals surface area contributed by atoms with Crippen LogP contribution >= 0.6 is 27.5 Å². The normalized spacial score (nSPS) is 13.1. The Labute approximate surface area is 123 Å². The minimum atomic E-state index is -4.01. The van der Waals surface area contributed by atoms with Crippen molar-refractivity contribution >= 4 is 43.5 Å². The molecule has 0 aliphatic heterocycles. The van der Waals surface area contributed by atoms with Gasteiger partial charge in [-0.1, -0.05) is 27.5 Å². The molecule has 19 heavy (non-hydrogen) atoms. The highest BCUT2D eigenvalue weighted by Gasteiger charge is 2.22. The van der Waals surface area contributed by atoms with Gasteiger partial charge < -0.3 is 4.74 Å². The molecule has 1 aromatic rings. The first-order valence-electron chi connectivity index (χ1n) is 4.94. The van der Waals surface area contributed by atoms with E-state index in [9.17, 15) is 17.6 Å². The summed E-state index contributed by atoms with van der Waals surface area (Å²) in [5.41, 5.74) is 0. The second-order valence-corrected chi connectivity index (χ2v) is 6.67. The summed E-state index contributed by atoms with van der Waals surface area (Å²) >= 11 is 8.65. The highest BCUT2D eigenvalue weighted by atomic mass is 79.9. The average molecular weight is 375 g/mol. The zero-order valence-corrected chi connectivity index (χ0v) is 12.9. The van der Waals surface area contributed by atoms with Gasteiger partial charge in [-0.3, -0.25) is 4.79 Å². The van der Waals surface area contributed by atoms with Crippen molar-refractivity contribution in [1.82, 2.24) is 4.72 Å². The van der Waals surface area contributed by atoms with E-state index >= 15 is 0 Å². The Bertz CT molecular complexity index is 581. The molecule has 0 spiro atoms. The van der Waals surface area contributed by atoms with Crippen molar-refractivity contribution < 1.29 is 22.3 Å². The van der Waals surface area contributed by atoms with E-state index in [4.69, 9.17) is 11.6 Å². The van der Waals surface area contributed by atoms with Gasteiger partial charge in [-0.2, -0.15) is 0 Å². The van der Waals surface area contributed by atoms with Crippen LogP contribution in [0.15, 0.2) is 23.1 Å². The molecular weight excluding hydrogens is 365 g/mol. The van der Waals surface area contributed by atoms with Crippen LogP contribution in [0.1, 0.15) is 0 Å². The molecular formula is C10H10BrClFNO4S. The highest BCUT2D eigenvalue weighted by Crippen LogP contribution is 2.22. The standard InChI is InChI=1S/C10H10BrClFNO4S/c1-18-10(15)7(11)5-14-19(16,17)9-4-6(13)2-3-8(9)12/h2-4,7,14H,5H2,1H3. The molecule has 1 rings (SSSR count). The lowest BCUT2D eigenvalue weighted by Gasteiger charge is -2.11. The van der Waals surface area contributed by atoms with Crippen molar-refractivity contribution in [2.45, 2.75) is 9.72 Å². The van der Waals surface area contributed by atoms with Crippen LogP contribution in [0.5, 0.6) is 0 Å². The number of ether oxygens (including phenoxy) is 1. The Kier molecular flexibility index (Phi) is 5.72. The van der Waals surface area contributed by atoms with E-state index in [1.807, 2.05) is 0 Å². The number of hydrogen-bond donors (Lipinski definition) is 1. The molecule has 9 heteroatoms. The molecule has 0 aliphatic rings. The predicted molar refractivity (Wildman–Crippen MR) is 71.3 cm³/mol. The first-order valence-corrected chi connectivity index (χ1v) is 7.72. The van der Waals surface area contributed by atoms with Gasteiger partial charge in [0.15, 0.2) is 0 Å². The number of halogens is 3. The zero-order chi connectivity index (χ0) is 14.6. The third-order valence-corrected chi connectivity index (χ3v) is 4.69. The van der Waals surface area contributed by atoms with Crippen LogP contribution in [0.4, 0.5) is 4.39 Å². The van der Waals surface area contributed by atoms with Gasteiger partial charge in [0.2, 0.25) is 10.0 Å². The number of esters is 1. The van der Waals surface area contributed by atoms with Crippen molar-refractivity contribution in [3.05, 3.63) is 29.0 Å². The van der Waals surface area contributed by atoms with Crippen molar-refractivity contribution in [2.75, 3.05) is 13.7 Å². The smallest absolute Gasteiger partial charge is 0.320 e. The van der Waals surface area contributed by atoms with Crippen LogP contribution in [-0.2, 0) is 19.6 Å². The lowest BCUT2D eigenvalue weighted by atomic mass is 10.3. The summed E-state index contributed by atoms with van der Waals surface area (Å²) < 4.78 is 43.3. The van der Waals surface area contributed by atoms with Crippen LogP contribution in [-0.4, -0.2) is 32.9 Å². The molecule has 1 N–H and O–H groups in total. The molecule has 0 saturated heterocycles. The van der Waals surface area contributed by atoms with Crippen molar-refractivity contribution in [3.63, 3.8) is 0 Å². The fourth-order valence-corrected chi connectivity index (χ4v) is 3.27. The first-order chi connectivity index (χ1) is 8.77. The number of alkyl halides is 1. The number of benzene rings is 1. The summed E-state index contributed by atoms with van der Waals surface area (Å²) in [7, 11) is -2.83. The summed E-state index contributed by atoms with van der Waals surface area (Å²) in [6, 6.07) is 2.98. The van der Waals surface area contributed by atoms with E-state index in [1.54, 1.807) is 0 Å². The number of methoxy groups -OCH3 is 1. The zero-order valence-electron chi connectivity index (χ0n) is 9.69. The molecule has 0 aromatic heterocycles. The van der Waals surface area contributed by atoms with E-state index in [-0.39, 0.29) is 11.6 Å². The minimum absolute atomic E-state index is 0.113. The van der Waals surface area contributed by atoms with E-state index in [0.29, 0.717) is 0 Å². The van der Waals surface area contributed by atoms with E-state index in [1.165, 1.54) is 7.11 Å². The van der Waals surface area contributed by atoms with Crippen LogP contribution in [0.3, 0.4) is 0 Å². The van der Waals surface area contributed by atoms with Crippen LogP contribution in [0.2, 0.25) is 5.02 Å². The maximum atomic E-state index is 13.0. The number of nitrogens with one attached hydrogen (secondary N) is 1. The fraction of sp³-hybridized carbons (Fsp3) is 0.300. The summed E-state index contributed by atoms with van der Waals surface area (Å²) in [6.45, 7) is -0.248. The summed E-state index contributed by atoms with van der Waals surface area (Å²) in [4.78, 5) is 9.86. The lowest BCUT2D eigenvalue weighted by Crippen LogP contribution is -2.34. The molecule has 1 unspecified atom stereocenters. The Morgan fingerprint density at radius 3 is 2.79 bits per heavy atom. The number of sulfonamides is 1. The average Bonchev–Trinajstić information content (AvgIpc) is 2.37. The van der Waals surface area contributed by atoms with Gasteiger partial charge in [-0.25, -0.2) is 17.5 Å². The minimum Gasteiger partial charge on any atom is -0.468 e. The number of carbonyl (C=O) groups is 1. The van der Waals surface area contributed by atoms with Gasteiger partial charge in [-0.15, -0.1) is 0 Å². The van der Waals surface area contributed by atoms with E-state index < -0.39 is 31.5 Å². The number of rotatable bonds is 5. The van der Waals surface area contributed by atoms with E-state index in [0.717, 1.165) is 18.2 Å². The first kappa shape index (κ1) is 16.4. The van der Waals surface area contributed by atoms with Crippen molar-refractivity contribution in [2.24, 2.45) is 0 Å². The maximum absolute atomic E-state index is 13.0. The Balaban J connectivity index is 2.87. The molecule has 5 nitrogen and oxygen atoms in total. The maximum Gasteiger partial charge on any atom is 0.320 e. The fourth-order valence-electron chi connectivity index (χ4n) is 1.15. The topological polar surface area (TPSA) is 72.5 Å². The van der Waals surface area contributed by atoms with Gasteiger partial charge in [0.05, 0.1) is 12.1 Å². The summed E-state index contributed by atoms with van der Waals surface area (Å²) in [5.74, 6) is -1.36. The Morgan fingerprint density at radius 2 is 2.21 bits per heavy atom. The van der Waals surface area contributed by atoms with Gasteiger partial charge >= 0.3 is 5.97 Å². The largest absolute Gasteiger partial charge is 0.468 e.